The summed E-state index contributed by atoms with van der Waals surface area (Å²) in [6.45, 7) is 3.68. The molecular weight excluding hydrogens is 184 g/mol. The fourth-order valence-corrected chi connectivity index (χ4v) is 1.46. The molecule has 0 aromatic rings. The predicted octanol–water partition coefficient (Wildman–Crippen LogP) is 1.36. The molecular formula is C10H14O4. The first-order valence-corrected chi connectivity index (χ1v) is 4.59. The molecule has 0 saturated carbocycles. The van der Waals surface area contributed by atoms with Gasteiger partial charge in [0.1, 0.15) is 0 Å². The van der Waals surface area contributed by atoms with E-state index < -0.39 is 17.4 Å². The van der Waals surface area contributed by atoms with E-state index in [0.717, 1.165) is 0 Å². The summed E-state index contributed by atoms with van der Waals surface area (Å²) in [6, 6.07) is 0. The van der Waals surface area contributed by atoms with Crippen molar-refractivity contribution in [2.24, 2.45) is 5.41 Å². The highest BCUT2D eigenvalue weighted by Gasteiger charge is 2.39. The summed E-state index contributed by atoms with van der Waals surface area (Å²) in [5, 5.41) is 8.92. The van der Waals surface area contributed by atoms with Gasteiger partial charge < -0.3 is 9.84 Å². The van der Waals surface area contributed by atoms with E-state index in [1.807, 2.05) is 0 Å². The van der Waals surface area contributed by atoms with Crippen LogP contribution in [-0.2, 0) is 14.3 Å². The molecule has 0 aliphatic heterocycles. The zero-order valence-corrected chi connectivity index (χ0v) is 8.37. The molecule has 0 radical (unpaired) electrons. The van der Waals surface area contributed by atoms with E-state index in [-0.39, 0.29) is 6.42 Å². The van der Waals surface area contributed by atoms with Crippen LogP contribution in [0.4, 0.5) is 0 Å². The number of carboxylic acids is 1. The first-order valence-electron chi connectivity index (χ1n) is 4.59. The van der Waals surface area contributed by atoms with Gasteiger partial charge in [-0.05, 0) is 26.7 Å². The third-order valence-corrected chi connectivity index (χ3v) is 2.43. The monoisotopic (exact) mass is 198 g/mol. The second kappa shape index (κ2) is 3.82. The molecule has 0 heterocycles. The molecule has 0 spiro atoms. The minimum absolute atomic E-state index is 0.265. The van der Waals surface area contributed by atoms with Gasteiger partial charge in [-0.2, -0.15) is 0 Å². The minimum Gasteiger partial charge on any atom is -0.481 e. The summed E-state index contributed by atoms with van der Waals surface area (Å²) in [5.41, 5.74) is -0.348. The summed E-state index contributed by atoms with van der Waals surface area (Å²) >= 11 is 0. The smallest absolute Gasteiger partial charge is 0.333 e. The molecule has 4 nitrogen and oxygen atoms in total. The van der Waals surface area contributed by atoms with Gasteiger partial charge in [0.05, 0.1) is 12.0 Å². The first-order chi connectivity index (χ1) is 6.49. The maximum atomic E-state index is 11.3. The molecule has 0 saturated heterocycles. The number of hydrogen-bond donors (Lipinski definition) is 1. The number of allylic oxidation sites excluding steroid dienone is 1. The summed E-state index contributed by atoms with van der Waals surface area (Å²) in [4.78, 5) is 22.1. The Balaban J connectivity index is 2.64. The van der Waals surface area contributed by atoms with Gasteiger partial charge in [0, 0.05) is 5.57 Å². The molecule has 0 amide bonds. The lowest BCUT2D eigenvalue weighted by atomic mass is 9.87. The first kappa shape index (κ1) is 10.8. The van der Waals surface area contributed by atoms with Crippen LogP contribution < -0.4 is 0 Å². The van der Waals surface area contributed by atoms with E-state index in [0.29, 0.717) is 18.6 Å². The number of carbonyl (C=O) groups is 2. The SMILES string of the molecule is CCOC(=O)C1=CC[C@](C)(C(=O)O)C1. The number of aliphatic carboxylic acids is 1. The van der Waals surface area contributed by atoms with Crippen molar-refractivity contribution in [3.8, 4) is 0 Å². The average molecular weight is 198 g/mol. The Bertz CT molecular complexity index is 292. The highest BCUT2D eigenvalue weighted by molar-refractivity contribution is 5.91. The fraction of sp³-hybridized carbons (Fsp3) is 0.600. The second-order valence-corrected chi connectivity index (χ2v) is 3.70. The molecule has 0 fully saturated rings. The Hall–Kier alpha value is -1.32. The fourth-order valence-electron chi connectivity index (χ4n) is 1.46. The Labute approximate surface area is 82.6 Å². The van der Waals surface area contributed by atoms with Gasteiger partial charge in [-0.3, -0.25) is 4.79 Å². The number of hydrogen-bond acceptors (Lipinski definition) is 3. The lowest BCUT2D eigenvalue weighted by Crippen LogP contribution is -2.25. The van der Waals surface area contributed by atoms with E-state index in [1.54, 1.807) is 19.9 Å². The van der Waals surface area contributed by atoms with Gasteiger partial charge in [-0.1, -0.05) is 6.08 Å². The van der Waals surface area contributed by atoms with Gasteiger partial charge in [0.2, 0.25) is 0 Å². The molecule has 0 bridgehead atoms. The largest absolute Gasteiger partial charge is 0.481 e. The standard InChI is InChI=1S/C10H14O4/c1-3-14-8(11)7-4-5-10(2,6-7)9(12)13/h4H,3,5-6H2,1-2H3,(H,12,13)/t10-/m0/s1. The van der Waals surface area contributed by atoms with Crippen molar-refractivity contribution >= 4 is 11.9 Å². The van der Waals surface area contributed by atoms with Crippen LogP contribution in [0, 0.1) is 5.41 Å². The molecule has 1 rings (SSSR count). The second-order valence-electron chi connectivity index (χ2n) is 3.70. The van der Waals surface area contributed by atoms with Crippen molar-refractivity contribution in [3.05, 3.63) is 11.6 Å². The van der Waals surface area contributed by atoms with Gasteiger partial charge in [-0.25, -0.2) is 4.79 Å². The van der Waals surface area contributed by atoms with Crippen LogP contribution in [0.5, 0.6) is 0 Å². The molecule has 4 heteroatoms. The van der Waals surface area contributed by atoms with Crippen molar-refractivity contribution in [3.63, 3.8) is 0 Å². The molecule has 1 atom stereocenters. The molecule has 0 aromatic heterocycles. The normalized spacial score (nSPS) is 25.7. The highest BCUT2D eigenvalue weighted by Crippen LogP contribution is 2.37. The topological polar surface area (TPSA) is 63.6 Å². The van der Waals surface area contributed by atoms with Crippen molar-refractivity contribution in [2.75, 3.05) is 6.61 Å². The number of esters is 1. The highest BCUT2D eigenvalue weighted by atomic mass is 16.5. The Morgan fingerprint density at radius 2 is 2.29 bits per heavy atom. The van der Waals surface area contributed by atoms with E-state index in [2.05, 4.69) is 0 Å². The van der Waals surface area contributed by atoms with Crippen molar-refractivity contribution < 1.29 is 19.4 Å². The van der Waals surface area contributed by atoms with Crippen LogP contribution >= 0.6 is 0 Å². The Morgan fingerprint density at radius 1 is 1.64 bits per heavy atom. The molecule has 1 N–H and O–H groups in total. The van der Waals surface area contributed by atoms with Crippen LogP contribution in [0.3, 0.4) is 0 Å². The summed E-state index contributed by atoms with van der Waals surface area (Å²) in [6.07, 6.45) is 2.32. The average Bonchev–Trinajstić information content (AvgIpc) is 2.50. The Kier molecular flexibility index (Phi) is 2.93. The lowest BCUT2D eigenvalue weighted by Gasteiger charge is -2.17. The number of carbonyl (C=O) groups excluding carboxylic acids is 1. The van der Waals surface area contributed by atoms with Gasteiger partial charge >= 0.3 is 11.9 Å². The van der Waals surface area contributed by atoms with Crippen LogP contribution in [0.25, 0.3) is 0 Å². The number of carboxylic acid groups (broad SMARTS) is 1. The third kappa shape index (κ3) is 1.95. The number of rotatable bonds is 3. The Morgan fingerprint density at radius 3 is 2.71 bits per heavy atom. The van der Waals surface area contributed by atoms with Crippen LogP contribution in [-0.4, -0.2) is 23.7 Å². The minimum atomic E-state index is -0.868. The maximum absolute atomic E-state index is 11.3. The van der Waals surface area contributed by atoms with Crippen LogP contribution in [0.1, 0.15) is 26.7 Å². The third-order valence-electron chi connectivity index (χ3n) is 2.43. The molecule has 1 aliphatic carbocycles. The van der Waals surface area contributed by atoms with E-state index in [1.165, 1.54) is 0 Å². The maximum Gasteiger partial charge on any atom is 0.333 e. The zero-order valence-electron chi connectivity index (χ0n) is 8.37. The molecule has 1 aliphatic rings. The molecule has 0 aromatic carbocycles. The molecule has 14 heavy (non-hydrogen) atoms. The van der Waals surface area contributed by atoms with E-state index in [4.69, 9.17) is 9.84 Å². The van der Waals surface area contributed by atoms with Gasteiger partial charge in [0.15, 0.2) is 0 Å². The zero-order chi connectivity index (χ0) is 10.8. The van der Waals surface area contributed by atoms with Crippen molar-refractivity contribution in [1.29, 1.82) is 0 Å². The van der Waals surface area contributed by atoms with Crippen molar-refractivity contribution in [2.45, 2.75) is 26.7 Å². The van der Waals surface area contributed by atoms with Crippen LogP contribution in [0.2, 0.25) is 0 Å². The van der Waals surface area contributed by atoms with Crippen LogP contribution in [0.15, 0.2) is 11.6 Å². The van der Waals surface area contributed by atoms with Gasteiger partial charge in [-0.15, -0.1) is 0 Å². The summed E-state index contributed by atoms with van der Waals surface area (Å²) in [7, 11) is 0. The molecule has 0 unspecified atom stereocenters. The van der Waals surface area contributed by atoms with E-state index in [9.17, 15) is 9.59 Å². The van der Waals surface area contributed by atoms with E-state index >= 15 is 0 Å². The predicted molar refractivity (Wildman–Crippen MR) is 49.7 cm³/mol. The molecule has 78 valence electrons. The summed E-state index contributed by atoms with van der Waals surface area (Å²) in [5.74, 6) is -1.26. The quantitative estimate of drug-likeness (QED) is 0.695. The number of ether oxygens (including phenoxy) is 1. The van der Waals surface area contributed by atoms with Crippen molar-refractivity contribution in [1.82, 2.24) is 0 Å². The van der Waals surface area contributed by atoms with Gasteiger partial charge in [0.25, 0.3) is 0 Å². The summed E-state index contributed by atoms with van der Waals surface area (Å²) < 4.78 is 4.80. The lowest BCUT2D eigenvalue weighted by molar-refractivity contribution is -0.147.